The van der Waals surface area contributed by atoms with Crippen molar-refractivity contribution in [3.05, 3.63) is 66.1 Å². The monoisotopic (exact) mass is 466 g/mol. The van der Waals surface area contributed by atoms with E-state index in [9.17, 15) is 13.2 Å². The van der Waals surface area contributed by atoms with Crippen LogP contribution in [0.15, 0.2) is 59.8 Å². The third kappa shape index (κ3) is 5.33. The zero-order chi connectivity index (χ0) is 23.4. The zero-order valence-electron chi connectivity index (χ0n) is 19.1. The van der Waals surface area contributed by atoms with E-state index in [1.165, 1.54) is 12.8 Å². The summed E-state index contributed by atoms with van der Waals surface area (Å²) in [6, 6.07) is 12.9. The highest BCUT2D eigenvalue weighted by atomic mass is 32.2. The standard InChI is InChI=1S/C25H30N4O3S/c1-18(2)33(31,32)23-9-7-19(8-10-23)15-25(30)27-17-21-16-24(20-11-13-26-14-12-20)29(28-21)22-5-3-4-6-22/h7-14,16,18,22H,3-6,15,17H2,1-2H3,(H,27,30). The lowest BCUT2D eigenvalue weighted by atomic mass is 10.1. The van der Waals surface area contributed by atoms with E-state index in [4.69, 9.17) is 5.10 Å². The van der Waals surface area contributed by atoms with Gasteiger partial charge in [0.2, 0.25) is 5.91 Å². The van der Waals surface area contributed by atoms with Crippen molar-refractivity contribution in [3.63, 3.8) is 0 Å². The molecule has 7 nitrogen and oxygen atoms in total. The summed E-state index contributed by atoms with van der Waals surface area (Å²) in [4.78, 5) is 16.9. The second-order valence-corrected chi connectivity index (χ2v) is 11.3. The van der Waals surface area contributed by atoms with E-state index in [0.717, 1.165) is 35.4 Å². The lowest BCUT2D eigenvalue weighted by Crippen LogP contribution is -2.25. The fourth-order valence-corrected chi connectivity index (χ4v) is 5.26. The molecule has 0 spiro atoms. The van der Waals surface area contributed by atoms with Crippen molar-refractivity contribution in [1.29, 1.82) is 0 Å². The molecule has 33 heavy (non-hydrogen) atoms. The van der Waals surface area contributed by atoms with Gasteiger partial charge < -0.3 is 5.32 Å². The Labute approximate surface area is 195 Å². The van der Waals surface area contributed by atoms with E-state index >= 15 is 0 Å². The maximum atomic E-state index is 12.5. The summed E-state index contributed by atoms with van der Waals surface area (Å²) >= 11 is 0. The van der Waals surface area contributed by atoms with Gasteiger partial charge in [-0.05, 0) is 62.6 Å². The van der Waals surface area contributed by atoms with Crippen LogP contribution in [0.2, 0.25) is 0 Å². The summed E-state index contributed by atoms with van der Waals surface area (Å²) in [6.07, 6.45) is 8.40. The number of sulfone groups is 1. The fraction of sp³-hybridized carbons (Fsp3) is 0.400. The summed E-state index contributed by atoms with van der Waals surface area (Å²) in [5.41, 5.74) is 3.71. The second kappa shape index (κ2) is 9.87. The van der Waals surface area contributed by atoms with Gasteiger partial charge in [-0.25, -0.2) is 8.42 Å². The molecule has 0 unspecified atom stereocenters. The van der Waals surface area contributed by atoms with E-state index in [1.807, 2.05) is 18.2 Å². The molecule has 3 aromatic rings. The van der Waals surface area contributed by atoms with Crippen molar-refractivity contribution < 1.29 is 13.2 Å². The number of rotatable bonds is 8. The predicted octanol–water partition coefficient (Wildman–Crippen LogP) is 4.10. The van der Waals surface area contributed by atoms with Crippen LogP contribution in [0.4, 0.5) is 0 Å². The van der Waals surface area contributed by atoms with Gasteiger partial charge in [-0.15, -0.1) is 0 Å². The number of hydrogen-bond acceptors (Lipinski definition) is 5. The third-order valence-electron chi connectivity index (χ3n) is 6.14. The highest BCUT2D eigenvalue weighted by Crippen LogP contribution is 2.33. The Morgan fingerprint density at radius 1 is 1.09 bits per heavy atom. The van der Waals surface area contributed by atoms with E-state index < -0.39 is 15.1 Å². The average molecular weight is 467 g/mol. The van der Waals surface area contributed by atoms with Crippen molar-refractivity contribution in [2.24, 2.45) is 0 Å². The lowest BCUT2D eigenvalue weighted by Gasteiger charge is -2.14. The van der Waals surface area contributed by atoms with E-state index in [1.54, 1.807) is 50.5 Å². The summed E-state index contributed by atoms with van der Waals surface area (Å²) in [6.45, 7) is 3.66. The summed E-state index contributed by atoms with van der Waals surface area (Å²) in [7, 11) is -3.32. The van der Waals surface area contributed by atoms with Gasteiger partial charge in [0, 0.05) is 18.0 Å². The van der Waals surface area contributed by atoms with Gasteiger partial charge >= 0.3 is 0 Å². The minimum atomic E-state index is -3.32. The fourth-order valence-electron chi connectivity index (χ4n) is 4.20. The molecule has 1 N–H and O–H groups in total. The Bertz CT molecular complexity index is 1200. The van der Waals surface area contributed by atoms with Gasteiger partial charge in [0.1, 0.15) is 0 Å². The van der Waals surface area contributed by atoms with Gasteiger partial charge in [-0.1, -0.05) is 25.0 Å². The van der Waals surface area contributed by atoms with Gasteiger partial charge in [0.25, 0.3) is 0 Å². The summed E-state index contributed by atoms with van der Waals surface area (Å²) < 4.78 is 26.6. The van der Waals surface area contributed by atoms with Gasteiger partial charge in [0.15, 0.2) is 9.84 Å². The quantitative estimate of drug-likeness (QED) is 0.539. The molecule has 4 rings (SSSR count). The summed E-state index contributed by atoms with van der Waals surface area (Å²) in [5.74, 6) is -0.129. The highest BCUT2D eigenvalue weighted by Gasteiger charge is 2.22. The smallest absolute Gasteiger partial charge is 0.224 e. The number of hydrogen-bond donors (Lipinski definition) is 1. The predicted molar refractivity (Wildman–Crippen MR) is 127 cm³/mol. The van der Waals surface area contributed by atoms with E-state index in [-0.39, 0.29) is 17.2 Å². The van der Waals surface area contributed by atoms with Crippen LogP contribution in [0.5, 0.6) is 0 Å². The Balaban J connectivity index is 1.42. The molecule has 0 radical (unpaired) electrons. The Morgan fingerprint density at radius 3 is 2.39 bits per heavy atom. The normalized spacial score (nSPS) is 14.6. The highest BCUT2D eigenvalue weighted by molar-refractivity contribution is 7.92. The van der Waals surface area contributed by atoms with Crippen LogP contribution in [-0.2, 0) is 27.6 Å². The largest absolute Gasteiger partial charge is 0.350 e. The Morgan fingerprint density at radius 2 is 1.76 bits per heavy atom. The lowest BCUT2D eigenvalue weighted by molar-refractivity contribution is -0.120. The number of pyridine rings is 1. The molecule has 0 bridgehead atoms. The first-order valence-corrected chi connectivity index (χ1v) is 13.0. The van der Waals surface area contributed by atoms with Crippen molar-refractivity contribution in [2.45, 2.75) is 68.7 Å². The van der Waals surface area contributed by atoms with Gasteiger partial charge in [-0.3, -0.25) is 14.5 Å². The molecule has 2 aromatic heterocycles. The minimum absolute atomic E-state index is 0.129. The SMILES string of the molecule is CC(C)S(=O)(=O)c1ccc(CC(=O)NCc2cc(-c3ccncc3)n(C3CCCC3)n2)cc1. The second-order valence-electron chi connectivity index (χ2n) is 8.83. The zero-order valence-corrected chi connectivity index (χ0v) is 19.9. The molecular formula is C25H30N4O3S. The topological polar surface area (TPSA) is 94.0 Å². The molecule has 1 amide bonds. The number of benzene rings is 1. The van der Waals surface area contributed by atoms with Crippen LogP contribution >= 0.6 is 0 Å². The molecule has 1 aliphatic carbocycles. The number of carbonyl (C=O) groups excluding carboxylic acids is 1. The van der Waals surface area contributed by atoms with Crippen LogP contribution in [-0.4, -0.2) is 34.3 Å². The number of nitrogens with zero attached hydrogens (tertiary/aromatic N) is 3. The Hall–Kier alpha value is -3.00. The number of nitrogens with one attached hydrogen (secondary N) is 1. The van der Waals surface area contributed by atoms with Crippen molar-refractivity contribution in [3.8, 4) is 11.3 Å². The average Bonchev–Trinajstić information content (AvgIpc) is 3.48. The molecule has 1 aromatic carbocycles. The first-order chi connectivity index (χ1) is 15.8. The molecule has 1 aliphatic rings. The van der Waals surface area contributed by atoms with Crippen LogP contribution in [0.3, 0.4) is 0 Å². The number of carbonyl (C=O) groups is 1. The molecule has 2 heterocycles. The Kier molecular flexibility index (Phi) is 6.93. The summed E-state index contributed by atoms with van der Waals surface area (Å²) in [5, 5.41) is 7.29. The molecule has 8 heteroatoms. The van der Waals surface area contributed by atoms with Crippen LogP contribution < -0.4 is 5.32 Å². The molecule has 1 saturated carbocycles. The number of amides is 1. The van der Waals surface area contributed by atoms with Crippen molar-refractivity contribution in [2.75, 3.05) is 0 Å². The maximum Gasteiger partial charge on any atom is 0.224 e. The van der Waals surface area contributed by atoms with Gasteiger partial charge in [0.05, 0.1) is 40.5 Å². The molecule has 174 valence electrons. The molecule has 1 fully saturated rings. The maximum absolute atomic E-state index is 12.5. The molecular weight excluding hydrogens is 436 g/mol. The van der Waals surface area contributed by atoms with Gasteiger partial charge in [-0.2, -0.15) is 5.10 Å². The van der Waals surface area contributed by atoms with Crippen LogP contribution in [0.25, 0.3) is 11.3 Å². The first-order valence-electron chi connectivity index (χ1n) is 11.4. The molecule has 0 aliphatic heterocycles. The van der Waals surface area contributed by atoms with Crippen molar-refractivity contribution >= 4 is 15.7 Å². The van der Waals surface area contributed by atoms with Crippen molar-refractivity contribution in [1.82, 2.24) is 20.1 Å². The molecule has 0 atom stereocenters. The van der Waals surface area contributed by atoms with E-state index in [2.05, 4.69) is 15.0 Å². The van der Waals surface area contributed by atoms with Crippen LogP contribution in [0.1, 0.15) is 56.8 Å². The first kappa shape index (κ1) is 23.2. The third-order valence-corrected chi connectivity index (χ3v) is 8.31. The number of aromatic nitrogens is 3. The van der Waals surface area contributed by atoms with Crippen LogP contribution in [0, 0.1) is 0 Å². The minimum Gasteiger partial charge on any atom is -0.350 e. The van der Waals surface area contributed by atoms with E-state index in [0.29, 0.717) is 12.6 Å². The molecule has 0 saturated heterocycles.